The van der Waals surface area contributed by atoms with E-state index in [0.29, 0.717) is 27.6 Å². The van der Waals surface area contributed by atoms with Gasteiger partial charge in [0.2, 0.25) is 5.91 Å². The summed E-state index contributed by atoms with van der Waals surface area (Å²) in [7, 11) is 0. The van der Waals surface area contributed by atoms with Crippen LogP contribution in [0.1, 0.15) is 18.0 Å². The van der Waals surface area contributed by atoms with Crippen LogP contribution in [0.25, 0.3) is 16.7 Å². The summed E-state index contributed by atoms with van der Waals surface area (Å²) in [5.41, 5.74) is 2.55. The first-order valence-electron chi connectivity index (χ1n) is 10.1. The second-order valence-corrected chi connectivity index (χ2v) is 8.71. The van der Waals surface area contributed by atoms with E-state index in [1.54, 1.807) is 9.25 Å². The number of carbonyl (C=O) groups excluding carboxylic acids is 1. The van der Waals surface area contributed by atoms with Crippen LogP contribution in [-0.4, -0.2) is 35.9 Å². The van der Waals surface area contributed by atoms with Crippen molar-refractivity contribution in [2.75, 3.05) is 11.1 Å². The molecule has 1 atom stereocenters. The van der Waals surface area contributed by atoms with Crippen LogP contribution < -0.4 is 10.9 Å². The van der Waals surface area contributed by atoms with E-state index in [1.165, 1.54) is 42.2 Å². The molecule has 0 saturated carbocycles. The average Bonchev–Trinajstić information content (AvgIpc) is 3.39. The number of non-ortho nitro benzene ring substituents is 1. The Balaban J connectivity index is 1.40. The number of nitrogens with zero attached hydrogens (tertiary/aromatic N) is 5. The minimum absolute atomic E-state index is 0.0537. The zero-order valence-corrected chi connectivity index (χ0v) is 18.3. The van der Waals surface area contributed by atoms with Crippen LogP contribution in [0.15, 0.2) is 64.7 Å². The number of aryl methyl sites for hydroxylation is 1. The summed E-state index contributed by atoms with van der Waals surface area (Å²) in [6.07, 6.45) is 1.59. The molecule has 1 unspecified atom stereocenters. The van der Waals surface area contributed by atoms with Gasteiger partial charge in [0.15, 0.2) is 10.8 Å². The third-order valence-corrected chi connectivity index (χ3v) is 6.50. The zero-order chi connectivity index (χ0) is 23.1. The summed E-state index contributed by atoms with van der Waals surface area (Å²) in [5, 5.41) is 18.8. The molecule has 1 amide bonds. The molecule has 3 heterocycles. The maximum Gasteiger partial charge on any atom is 0.269 e. The van der Waals surface area contributed by atoms with E-state index in [4.69, 9.17) is 0 Å². The number of anilines is 1. The Morgan fingerprint density at radius 3 is 2.79 bits per heavy atom. The number of hydrogen-bond donors (Lipinski definition) is 1. The van der Waals surface area contributed by atoms with Crippen molar-refractivity contribution in [1.29, 1.82) is 0 Å². The van der Waals surface area contributed by atoms with Gasteiger partial charge in [0.25, 0.3) is 11.2 Å². The van der Waals surface area contributed by atoms with Crippen molar-refractivity contribution < 1.29 is 9.72 Å². The van der Waals surface area contributed by atoms with Crippen molar-refractivity contribution in [1.82, 2.24) is 19.3 Å². The van der Waals surface area contributed by atoms with Crippen LogP contribution in [-0.2, 0) is 4.79 Å². The number of nitrogens with one attached hydrogen (secondary N) is 1. The van der Waals surface area contributed by atoms with Crippen LogP contribution >= 0.6 is 11.8 Å². The summed E-state index contributed by atoms with van der Waals surface area (Å²) >= 11 is 1.42. The molecule has 0 aliphatic carbocycles. The van der Waals surface area contributed by atoms with Gasteiger partial charge in [-0.2, -0.15) is 5.10 Å². The van der Waals surface area contributed by atoms with E-state index in [0.717, 1.165) is 11.3 Å². The fourth-order valence-corrected chi connectivity index (χ4v) is 4.95. The number of rotatable bonds is 5. The number of benzene rings is 2. The Kier molecular flexibility index (Phi) is 5.17. The van der Waals surface area contributed by atoms with Crippen molar-refractivity contribution >= 4 is 40.1 Å². The average molecular weight is 462 g/mol. The van der Waals surface area contributed by atoms with Gasteiger partial charge in [0.05, 0.1) is 22.8 Å². The first kappa shape index (κ1) is 20.9. The minimum Gasteiger partial charge on any atom is -0.326 e. The normalized spacial score (nSPS) is 14.9. The van der Waals surface area contributed by atoms with Gasteiger partial charge in [0.1, 0.15) is 5.39 Å². The zero-order valence-electron chi connectivity index (χ0n) is 17.5. The van der Waals surface area contributed by atoms with Crippen LogP contribution in [0.4, 0.5) is 11.4 Å². The van der Waals surface area contributed by atoms with Gasteiger partial charge in [-0.3, -0.25) is 24.3 Å². The first-order chi connectivity index (χ1) is 15.9. The predicted octanol–water partition coefficient (Wildman–Crippen LogP) is 3.47. The molecular weight excluding hydrogens is 444 g/mol. The lowest BCUT2D eigenvalue weighted by Gasteiger charge is -2.13. The lowest BCUT2D eigenvalue weighted by atomic mass is 10.2. The highest BCUT2D eigenvalue weighted by Crippen LogP contribution is 2.33. The van der Waals surface area contributed by atoms with Crippen LogP contribution in [0.3, 0.4) is 0 Å². The summed E-state index contributed by atoms with van der Waals surface area (Å²) in [6.45, 7) is 1.98. The molecular formula is C22H18N6O4S. The van der Waals surface area contributed by atoms with Crippen LogP contribution in [0, 0.1) is 17.0 Å². The predicted molar refractivity (Wildman–Crippen MR) is 124 cm³/mol. The fourth-order valence-electron chi connectivity index (χ4n) is 3.82. The molecule has 10 nitrogen and oxygen atoms in total. The quantitative estimate of drug-likeness (QED) is 0.273. The van der Waals surface area contributed by atoms with Gasteiger partial charge in [0, 0.05) is 30.0 Å². The lowest BCUT2D eigenvalue weighted by Crippen LogP contribution is -2.27. The van der Waals surface area contributed by atoms with Gasteiger partial charge < -0.3 is 5.32 Å². The van der Waals surface area contributed by atoms with Gasteiger partial charge in [-0.25, -0.2) is 9.67 Å². The Labute approximate surface area is 191 Å². The van der Waals surface area contributed by atoms with Gasteiger partial charge in [-0.1, -0.05) is 23.9 Å². The summed E-state index contributed by atoms with van der Waals surface area (Å²) in [6, 6.07) is 13.0. The third kappa shape index (κ3) is 3.87. The van der Waals surface area contributed by atoms with Crippen LogP contribution in [0.2, 0.25) is 0 Å². The highest BCUT2D eigenvalue weighted by Gasteiger charge is 2.29. The Hall–Kier alpha value is -3.99. The summed E-state index contributed by atoms with van der Waals surface area (Å²) in [5.74, 6) is 0.255. The van der Waals surface area contributed by atoms with Crippen molar-refractivity contribution in [3.63, 3.8) is 0 Å². The first-order valence-corrected chi connectivity index (χ1v) is 11.1. The molecule has 5 rings (SSSR count). The maximum absolute atomic E-state index is 13.2. The van der Waals surface area contributed by atoms with Crippen molar-refractivity contribution in [2.45, 2.75) is 24.5 Å². The molecule has 1 N–H and O–H groups in total. The maximum atomic E-state index is 13.2. The number of fused-ring (bicyclic) bond motifs is 2. The van der Waals surface area contributed by atoms with E-state index in [-0.39, 0.29) is 29.6 Å². The Morgan fingerprint density at radius 1 is 1.27 bits per heavy atom. The van der Waals surface area contributed by atoms with Crippen molar-refractivity contribution in [3.05, 3.63) is 80.8 Å². The van der Waals surface area contributed by atoms with E-state index < -0.39 is 4.92 Å². The van der Waals surface area contributed by atoms with Gasteiger partial charge in [-0.15, -0.1) is 0 Å². The molecule has 166 valence electrons. The van der Waals surface area contributed by atoms with Gasteiger partial charge >= 0.3 is 0 Å². The van der Waals surface area contributed by atoms with E-state index >= 15 is 0 Å². The van der Waals surface area contributed by atoms with Crippen molar-refractivity contribution in [3.8, 4) is 5.69 Å². The Morgan fingerprint density at radius 2 is 2.06 bits per heavy atom. The number of aromatic nitrogens is 4. The minimum atomic E-state index is -0.500. The molecule has 0 fully saturated rings. The van der Waals surface area contributed by atoms with Crippen molar-refractivity contribution in [2.24, 2.45) is 0 Å². The molecule has 11 heteroatoms. The summed E-state index contributed by atoms with van der Waals surface area (Å²) < 4.78 is 3.21. The van der Waals surface area contributed by atoms with E-state index in [2.05, 4.69) is 15.4 Å². The monoisotopic (exact) mass is 462 g/mol. The smallest absolute Gasteiger partial charge is 0.269 e. The number of amides is 1. The third-order valence-electron chi connectivity index (χ3n) is 5.40. The molecule has 0 radical (unpaired) electrons. The number of carbonyl (C=O) groups is 1. The number of thioether (sulfide) groups is 1. The standard InChI is InChI=1S/C22H18N6O4S/c1-13-3-2-4-16(9-13)27-20-18(11-23-27)21(30)26-17(12-33-22(26)25-20)10-19(29)24-14-5-7-15(8-6-14)28(31)32/h2-9,11,17H,10,12H2,1H3,(H,24,29). The molecule has 2 aromatic carbocycles. The summed E-state index contributed by atoms with van der Waals surface area (Å²) in [4.78, 5) is 40.8. The molecule has 1 aliphatic rings. The lowest BCUT2D eigenvalue weighted by molar-refractivity contribution is -0.384. The van der Waals surface area contributed by atoms with Crippen LogP contribution in [0.5, 0.6) is 0 Å². The number of hydrogen-bond acceptors (Lipinski definition) is 7. The second kappa shape index (κ2) is 8.17. The molecule has 0 bridgehead atoms. The highest BCUT2D eigenvalue weighted by atomic mass is 32.2. The van der Waals surface area contributed by atoms with Gasteiger partial charge in [-0.05, 0) is 36.8 Å². The largest absolute Gasteiger partial charge is 0.326 e. The number of nitro groups is 1. The molecule has 0 spiro atoms. The second-order valence-electron chi connectivity index (χ2n) is 7.72. The highest BCUT2D eigenvalue weighted by molar-refractivity contribution is 7.99. The molecule has 4 aromatic rings. The molecule has 33 heavy (non-hydrogen) atoms. The van der Waals surface area contributed by atoms with E-state index in [9.17, 15) is 19.7 Å². The topological polar surface area (TPSA) is 125 Å². The molecule has 2 aromatic heterocycles. The Bertz CT molecular complexity index is 1460. The molecule has 1 aliphatic heterocycles. The fraction of sp³-hybridized carbons (Fsp3) is 0.182. The molecule has 0 saturated heterocycles. The number of nitro benzene ring substituents is 1. The van der Waals surface area contributed by atoms with E-state index in [1.807, 2.05) is 31.2 Å². The SMILES string of the molecule is Cc1cccc(-n2ncc3c(=O)n4c(nc32)SCC4CC(=O)Nc2ccc([N+](=O)[O-])cc2)c1.